The lowest BCUT2D eigenvalue weighted by Crippen LogP contribution is -2.21. The lowest BCUT2D eigenvalue weighted by atomic mass is 10.1. The van der Waals surface area contributed by atoms with Gasteiger partial charge in [-0.1, -0.05) is 12.1 Å². The first-order chi connectivity index (χ1) is 17.3. The van der Waals surface area contributed by atoms with Gasteiger partial charge in [0.2, 0.25) is 0 Å². The number of nitrogens with one attached hydrogen (secondary N) is 1. The number of carbonyl (C=O) groups is 1. The molecule has 0 saturated carbocycles. The second-order valence-corrected chi connectivity index (χ2v) is 9.47. The lowest BCUT2D eigenvalue weighted by Gasteiger charge is -2.11. The summed E-state index contributed by atoms with van der Waals surface area (Å²) in [7, 11) is -0.484. The van der Waals surface area contributed by atoms with Gasteiger partial charge in [-0.2, -0.15) is 18.3 Å². The topological polar surface area (TPSA) is 119 Å². The molecule has 3 heterocycles. The van der Waals surface area contributed by atoms with Crippen LogP contribution in [0.1, 0.15) is 5.56 Å². The maximum atomic E-state index is 14.5. The molecule has 0 atom stereocenters. The van der Waals surface area contributed by atoms with Gasteiger partial charge in [-0.05, 0) is 36.9 Å². The van der Waals surface area contributed by atoms with Crippen molar-refractivity contribution in [2.24, 2.45) is 7.05 Å². The molecule has 0 saturated heterocycles. The average molecular weight is 540 g/mol. The van der Waals surface area contributed by atoms with Crippen LogP contribution in [0.15, 0.2) is 72.3 Å². The Bertz CT molecular complexity index is 1510. The highest BCUT2D eigenvalue weighted by atomic mass is 32.2. The zero-order chi connectivity index (χ0) is 27.4. The minimum Gasteiger partial charge on any atom is -0.475 e. The van der Waals surface area contributed by atoms with E-state index in [1.165, 1.54) is 18.5 Å². The van der Waals surface area contributed by atoms with Gasteiger partial charge in [0, 0.05) is 55.1 Å². The van der Waals surface area contributed by atoms with Crippen LogP contribution in [-0.4, -0.2) is 51.5 Å². The predicted octanol–water partition coefficient (Wildman–Crippen LogP) is 3.68. The van der Waals surface area contributed by atoms with Gasteiger partial charge in [-0.25, -0.2) is 21.6 Å². The molecule has 2 N–H and O–H groups in total. The van der Waals surface area contributed by atoms with Gasteiger partial charge in [0.25, 0.3) is 10.0 Å². The van der Waals surface area contributed by atoms with E-state index < -0.39 is 28.0 Å². The molecule has 0 aliphatic rings. The van der Waals surface area contributed by atoms with Crippen LogP contribution in [0, 0.1) is 5.82 Å². The smallest absolute Gasteiger partial charge is 0.475 e. The lowest BCUT2D eigenvalue weighted by molar-refractivity contribution is -0.192. The average Bonchev–Trinajstić information content (AvgIpc) is 3.46. The van der Waals surface area contributed by atoms with Crippen molar-refractivity contribution in [2.45, 2.75) is 17.6 Å². The number of aromatic nitrogens is 4. The Labute approximate surface area is 209 Å². The molecule has 9 nitrogen and oxygen atoms in total. The van der Waals surface area contributed by atoms with Crippen molar-refractivity contribution in [2.75, 3.05) is 7.05 Å². The molecule has 0 unspecified atom stereocenters. The van der Waals surface area contributed by atoms with E-state index in [1.54, 1.807) is 67.7 Å². The zero-order valence-corrected chi connectivity index (χ0v) is 20.3. The van der Waals surface area contributed by atoms with E-state index in [4.69, 9.17) is 9.90 Å². The number of carboxylic acid groups (broad SMARTS) is 1. The highest BCUT2D eigenvalue weighted by Gasteiger charge is 2.38. The van der Waals surface area contributed by atoms with Crippen LogP contribution in [0.5, 0.6) is 0 Å². The fourth-order valence-corrected chi connectivity index (χ4v) is 4.64. The molecule has 3 aromatic heterocycles. The standard InChI is InChI=1S/C21H20FN5O2S.C2HF3O2/c1-23-9-15-7-21(19-5-3-4-6-20(19)22)27(13-15)30(28,29)18-8-16(10-24-12-18)17-11-25-26(2)14-17;3-2(4,5)1(6)7/h3-8,10-14,23H,9H2,1-2H3;(H,6,7). The number of rotatable bonds is 6. The van der Waals surface area contributed by atoms with E-state index in [1.807, 2.05) is 0 Å². The van der Waals surface area contributed by atoms with Crippen molar-refractivity contribution < 1.29 is 35.9 Å². The van der Waals surface area contributed by atoms with E-state index >= 15 is 0 Å². The van der Waals surface area contributed by atoms with Gasteiger partial charge < -0.3 is 10.4 Å². The molecule has 14 heteroatoms. The van der Waals surface area contributed by atoms with Crippen LogP contribution in [-0.2, 0) is 28.4 Å². The van der Waals surface area contributed by atoms with Gasteiger partial charge in [0.1, 0.15) is 10.7 Å². The number of aryl methyl sites for hydroxylation is 1. The molecule has 0 aliphatic carbocycles. The number of pyridine rings is 1. The molecule has 0 spiro atoms. The minimum atomic E-state index is -5.08. The van der Waals surface area contributed by atoms with Crippen LogP contribution in [0.25, 0.3) is 22.4 Å². The van der Waals surface area contributed by atoms with Crippen molar-refractivity contribution in [3.05, 3.63) is 78.8 Å². The molecule has 37 heavy (non-hydrogen) atoms. The third-order valence-electron chi connectivity index (χ3n) is 4.92. The van der Waals surface area contributed by atoms with Crippen molar-refractivity contribution in [1.82, 2.24) is 24.1 Å². The van der Waals surface area contributed by atoms with E-state index in [9.17, 15) is 26.0 Å². The van der Waals surface area contributed by atoms with Crippen LogP contribution in [0.3, 0.4) is 0 Å². The molecule has 0 bridgehead atoms. The Morgan fingerprint density at radius 2 is 1.76 bits per heavy atom. The summed E-state index contributed by atoms with van der Waals surface area (Å²) in [5.41, 5.74) is 2.56. The Kier molecular flexibility index (Phi) is 8.13. The second-order valence-electron chi connectivity index (χ2n) is 7.66. The summed E-state index contributed by atoms with van der Waals surface area (Å²) in [6.07, 6.45) is 2.70. The van der Waals surface area contributed by atoms with Gasteiger partial charge in [-0.3, -0.25) is 9.67 Å². The summed E-state index contributed by atoms with van der Waals surface area (Å²) in [4.78, 5) is 13.0. The van der Waals surface area contributed by atoms with Crippen LogP contribution >= 0.6 is 0 Å². The first-order valence-corrected chi connectivity index (χ1v) is 11.9. The van der Waals surface area contributed by atoms with Gasteiger partial charge >= 0.3 is 12.1 Å². The zero-order valence-electron chi connectivity index (χ0n) is 19.4. The van der Waals surface area contributed by atoms with E-state index in [0.29, 0.717) is 12.1 Å². The number of aliphatic carboxylic acids is 1. The summed E-state index contributed by atoms with van der Waals surface area (Å²) in [5, 5.41) is 14.2. The Hall–Kier alpha value is -4.04. The van der Waals surface area contributed by atoms with E-state index in [0.717, 1.165) is 15.1 Å². The Morgan fingerprint density at radius 3 is 2.32 bits per heavy atom. The van der Waals surface area contributed by atoms with Gasteiger partial charge in [0.15, 0.2) is 0 Å². The highest BCUT2D eigenvalue weighted by molar-refractivity contribution is 7.90. The van der Waals surface area contributed by atoms with Crippen LogP contribution < -0.4 is 5.32 Å². The summed E-state index contributed by atoms with van der Waals surface area (Å²) in [6.45, 7) is 0.442. The molecular weight excluding hydrogens is 518 g/mol. The fourth-order valence-electron chi connectivity index (χ4n) is 3.26. The molecule has 196 valence electrons. The third-order valence-corrected chi connectivity index (χ3v) is 6.56. The molecule has 0 fully saturated rings. The number of hydrogen-bond donors (Lipinski definition) is 2. The number of alkyl halides is 3. The number of hydrogen-bond acceptors (Lipinski definition) is 6. The SMILES string of the molecule is CNCc1cc(-c2ccccc2F)n(S(=O)(=O)c2cncc(-c3cnn(C)c3)c2)c1.O=C(O)C(F)(F)F. The number of benzene rings is 1. The molecule has 4 aromatic rings. The van der Waals surface area contributed by atoms with Crippen molar-refractivity contribution in [3.63, 3.8) is 0 Å². The fraction of sp³-hybridized carbons (Fsp3) is 0.174. The molecule has 1 aromatic carbocycles. The number of nitrogens with zero attached hydrogens (tertiary/aromatic N) is 4. The second kappa shape index (κ2) is 10.9. The largest absolute Gasteiger partial charge is 0.490 e. The summed E-state index contributed by atoms with van der Waals surface area (Å²) < 4.78 is 76.0. The summed E-state index contributed by atoms with van der Waals surface area (Å²) in [5.74, 6) is -3.25. The summed E-state index contributed by atoms with van der Waals surface area (Å²) >= 11 is 0. The van der Waals surface area contributed by atoms with Crippen LogP contribution in [0.2, 0.25) is 0 Å². The number of carboxylic acids is 1. The monoisotopic (exact) mass is 539 g/mol. The van der Waals surface area contributed by atoms with E-state index in [-0.39, 0.29) is 16.2 Å². The quantitative estimate of drug-likeness (QED) is 0.359. The Morgan fingerprint density at radius 1 is 1.08 bits per heavy atom. The molecule has 0 radical (unpaired) electrons. The van der Waals surface area contributed by atoms with Crippen molar-refractivity contribution in [1.29, 1.82) is 0 Å². The number of halogens is 4. The maximum absolute atomic E-state index is 14.5. The van der Waals surface area contributed by atoms with Gasteiger partial charge in [0.05, 0.1) is 11.9 Å². The summed E-state index contributed by atoms with van der Waals surface area (Å²) in [6, 6.07) is 9.32. The third kappa shape index (κ3) is 6.40. The van der Waals surface area contributed by atoms with Crippen molar-refractivity contribution >= 4 is 16.0 Å². The van der Waals surface area contributed by atoms with Gasteiger partial charge in [-0.15, -0.1) is 0 Å². The molecule has 4 rings (SSSR count). The maximum Gasteiger partial charge on any atom is 0.490 e. The molecule has 0 amide bonds. The first kappa shape index (κ1) is 27.5. The highest BCUT2D eigenvalue weighted by Crippen LogP contribution is 2.30. The normalized spacial score (nSPS) is 11.6. The first-order valence-electron chi connectivity index (χ1n) is 10.4. The molecular formula is C23H21F4N5O4S. The Balaban J connectivity index is 0.000000479. The van der Waals surface area contributed by atoms with E-state index in [2.05, 4.69) is 15.4 Å². The van der Waals surface area contributed by atoms with Crippen molar-refractivity contribution in [3.8, 4) is 22.4 Å². The minimum absolute atomic E-state index is 0.00745. The van der Waals surface area contributed by atoms with Crippen LogP contribution in [0.4, 0.5) is 17.6 Å². The predicted molar refractivity (Wildman–Crippen MR) is 125 cm³/mol. The molecule has 0 aliphatic heterocycles.